The average molecular weight is 610 g/mol. The van der Waals surface area contributed by atoms with Gasteiger partial charge in [-0.25, -0.2) is 8.42 Å². The standard InChI is InChI=1S/C33H40ClN3O4S/c1-42(40,41)37(30-16-9-4-10-17-30)23-11-18-32(38)36(25-27-19-21-28(34)22-20-27)31(24-26-12-5-2-6-13-26)33(39)35-29-14-7-3-8-15-29/h2,4-6,9-10,12-13,16-17,19-22,29,31H,3,7-8,11,14-15,18,23-25H2,1H3,(H,35,39)/t31-/m1/s1. The first-order valence-electron chi connectivity index (χ1n) is 14.6. The third kappa shape index (κ3) is 9.33. The summed E-state index contributed by atoms with van der Waals surface area (Å²) in [5, 5.41) is 3.84. The summed E-state index contributed by atoms with van der Waals surface area (Å²) < 4.78 is 26.5. The second-order valence-electron chi connectivity index (χ2n) is 11.0. The Morgan fingerprint density at radius 1 is 0.881 bits per heavy atom. The van der Waals surface area contributed by atoms with Crippen molar-refractivity contribution in [2.45, 2.75) is 70.0 Å². The van der Waals surface area contributed by atoms with E-state index in [0.717, 1.165) is 36.8 Å². The summed E-state index contributed by atoms with van der Waals surface area (Å²) in [5.74, 6) is -0.360. The topological polar surface area (TPSA) is 86.8 Å². The Morgan fingerprint density at radius 3 is 2.12 bits per heavy atom. The molecule has 0 spiro atoms. The molecule has 1 N–H and O–H groups in total. The maximum absolute atomic E-state index is 14.0. The molecule has 3 aromatic rings. The number of sulfonamides is 1. The van der Waals surface area contributed by atoms with Crippen molar-refractivity contribution in [2.75, 3.05) is 17.1 Å². The van der Waals surface area contributed by atoms with Gasteiger partial charge in [0.05, 0.1) is 11.9 Å². The van der Waals surface area contributed by atoms with E-state index in [0.29, 0.717) is 23.6 Å². The summed E-state index contributed by atoms with van der Waals surface area (Å²) in [7, 11) is -3.54. The van der Waals surface area contributed by atoms with Crippen LogP contribution in [0.25, 0.3) is 0 Å². The van der Waals surface area contributed by atoms with Crippen LogP contribution < -0.4 is 9.62 Å². The highest BCUT2D eigenvalue weighted by atomic mass is 35.5. The molecule has 0 radical (unpaired) electrons. The third-order valence-electron chi connectivity index (χ3n) is 7.69. The number of amides is 2. The molecular weight excluding hydrogens is 570 g/mol. The van der Waals surface area contributed by atoms with E-state index < -0.39 is 16.1 Å². The SMILES string of the molecule is CS(=O)(=O)N(CCCC(=O)N(Cc1ccc(Cl)cc1)[C@H](Cc1ccccc1)C(=O)NC1CCCCC1)c1ccccc1. The molecular formula is C33H40ClN3O4S. The first-order valence-corrected chi connectivity index (χ1v) is 16.8. The molecule has 3 aromatic carbocycles. The Hall–Kier alpha value is -3.36. The third-order valence-corrected chi connectivity index (χ3v) is 9.13. The summed E-state index contributed by atoms with van der Waals surface area (Å²) in [5.41, 5.74) is 2.38. The van der Waals surface area contributed by atoms with Crippen LogP contribution >= 0.6 is 11.6 Å². The van der Waals surface area contributed by atoms with Gasteiger partial charge in [-0.1, -0.05) is 91.5 Å². The largest absolute Gasteiger partial charge is 0.352 e. The first kappa shape index (κ1) is 31.6. The van der Waals surface area contributed by atoms with Crippen molar-refractivity contribution in [2.24, 2.45) is 0 Å². The van der Waals surface area contributed by atoms with Gasteiger partial charge in [0.15, 0.2) is 0 Å². The molecule has 1 aliphatic rings. The number of nitrogens with one attached hydrogen (secondary N) is 1. The number of nitrogens with zero attached hydrogens (tertiary/aromatic N) is 2. The van der Waals surface area contributed by atoms with Crippen LogP contribution in [-0.2, 0) is 32.6 Å². The molecule has 2 amide bonds. The monoisotopic (exact) mass is 609 g/mol. The van der Waals surface area contributed by atoms with E-state index in [1.165, 1.54) is 17.0 Å². The molecule has 1 fully saturated rings. The predicted molar refractivity (Wildman–Crippen MR) is 169 cm³/mol. The number of hydrogen-bond acceptors (Lipinski definition) is 4. The summed E-state index contributed by atoms with van der Waals surface area (Å²) in [4.78, 5) is 29.5. The maximum atomic E-state index is 14.0. The molecule has 0 saturated heterocycles. The molecule has 7 nitrogen and oxygen atoms in total. The van der Waals surface area contributed by atoms with Crippen LogP contribution in [0.3, 0.4) is 0 Å². The highest BCUT2D eigenvalue weighted by Crippen LogP contribution is 2.22. The molecule has 1 saturated carbocycles. The van der Waals surface area contributed by atoms with Crippen LogP contribution in [0.4, 0.5) is 5.69 Å². The van der Waals surface area contributed by atoms with Gasteiger partial charge in [-0.05, 0) is 54.7 Å². The number of hydrogen-bond donors (Lipinski definition) is 1. The maximum Gasteiger partial charge on any atom is 0.243 e. The van der Waals surface area contributed by atoms with E-state index in [4.69, 9.17) is 11.6 Å². The van der Waals surface area contributed by atoms with Crippen molar-refractivity contribution in [3.63, 3.8) is 0 Å². The van der Waals surface area contributed by atoms with Gasteiger partial charge in [-0.15, -0.1) is 0 Å². The number of para-hydroxylation sites is 1. The molecule has 9 heteroatoms. The minimum absolute atomic E-state index is 0.0917. The van der Waals surface area contributed by atoms with E-state index in [1.807, 2.05) is 48.5 Å². The van der Waals surface area contributed by atoms with Gasteiger partial charge in [0.25, 0.3) is 0 Å². The first-order chi connectivity index (χ1) is 20.2. The Kier molecular flexibility index (Phi) is 11.4. The van der Waals surface area contributed by atoms with E-state index in [1.54, 1.807) is 41.3 Å². The van der Waals surface area contributed by atoms with Crippen LogP contribution in [-0.4, -0.2) is 50.0 Å². The van der Waals surface area contributed by atoms with Gasteiger partial charge in [-0.3, -0.25) is 13.9 Å². The summed E-state index contributed by atoms with van der Waals surface area (Å²) in [6.07, 6.45) is 7.16. The smallest absolute Gasteiger partial charge is 0.243 e. The summed E-state index contributed by atoms with van der Waals surface area (Å²) >= 11 is 6.13. The zero-order valence-electron chi connectivity index (χ0n) is 24.1. The van der Waals surface area contributed by atoms with Gasteiger partial charge in [0, 0.05) is 37.0 Å². The molecule has 0 aromatic heterocycles. The fourth-order valence-electron chi connectivity index (χ4n) is 5.48. The van der Waals surface area contributed by atoms with Gasteiger partial charge in [0.1, 0.15) is 6.04 Å². The van der Waals surface area contributed by atoms with Crippen molar-refractivity contribution >= 4 is 39.1 Å². The Balaban J connectivity index is 1.58. The molecule has 1 atom stereocenters. The van der Waals surface area contributed by atoms with Crippen molar-refractivity contribution in [3.8, 4) is 0 Å². The van der Waals surface area contributed by atoms with Crippen LogP contribution in [0.5, 0.6) is 0 Å². The highest BCUT2D eigenvalue weighted by molar-refractivity contribution is 7.92. The quantitative estimate of drug-likeness (QED) is 0.258. The summed E-state index contributed by atoms with van der Waals surface area (Å²) in [6.45, 7) is 0.390. The second kappa shape index (κ2) is 15.2. The molecule has 0 unspecified atom stereocenters. The van der Waals surface area contributed by atoms with Crippen molar-refractivity contribution < 1.29 is 18.0 Å². The molecule has 0 heterocycles. The number of benzene rings is 3. The van der Waals surface area contributed by atoms with E-state index in [9.17, 15) is 18.0 Å². The van der Waals surface area contributed by atoms with Crippen molar-refractivity contribution in [1.82, 2.24) is 10.2 Å². The molecule has 1 aliphatic carbocycles. The molecule has 0 aliphatic heterocycles. The Labute approximate surface area is 254 Å². The number of halogens is 1. The lowest BCUT2D eigenvalue weighted by atomic mass is 9.94. The molecule has 224 valence electrons. The summed E-state index contributed by atoms with van der Waals surface area (Å²) in [6, 6.07) is 25.2. The second-order valence-corrected chi connectivity index (χ2v) is 13.3. The lowest BCUT2D eigenvalue weighted by molar-refractivity contribution is -0.141. The predicted octanol–water partition coefficient (Wildman–Crippen LogP) is 5.98. The minimum Gasteiger partial charge on any atom is -0.352 e. The fraction of sp³-hybridized carbons (Fsp3) is 0.394. The minimum atomic E-state index is -3.54. The normalized spacial score (nSPS) is 14.6. The zero-order chi connectivity index (χ0) is 30.0. The fourth-order valence-corrected chi connectivity index (χ4v) is 6.57. The van der Waals surface area contributed by atoms with Crippen LogP contribution in [0.15, 0.2) is 84.9 Å². The average Bonchev–Trinajstić information content (AvgIpc) is 2.99. The number of carbonyl (C=O) groups excluding carboxylic acids is 2. The van der Waals surface area contributed by atoms with E-state index in [2.05, 4.69) is 5.32 Å². The number of rotatable bonds is 13. The zero-order valence-corrected chi connectivity index (χ0v) is 25.7. The molecule has 42 heavy (non-hydrogen) atoms. The number of carbonyl (C=O) groups is 2. The van der Waals surface area contributed by atoms with Crippen molar-refractivity contribution in [3.05, 3.63) is 101 Å². The lowest BCUT2D eigenvalue weighted by Gasteiger charge is -2.34. The van der Waals surface area contributed by atoms with Crippen LogP contribution in [0, 0.1) is 0 Å². The highest BCUT2D eigenvalue weighted by Gasteiger charge is 2.32. The van der Waals surface area contributed by atoms with E-state index in [-0.39, 0.29) is 37.4 Å². The van der Waals surface area contributed by atoms with Gasteiger partial charge in [-0.2, -0.15) is 0 Å². The van der Waals surface area contributed by atoms with Crippen LogP contribution in [0.1, 0.15) is 56.1 Å². The van der Waals surface area contributed by atoms with Gasteiger partial charge in [0.2, 0.25) is 21.8 Å². The Morgan fingerprint density at radius 2 is 1.50 bits per heavy atom. The van der Waals surface area contributed by atoms with Crippen molar-refractivity contribution in [1.29, 1.82) is 0 Å². The molecule has 0 bridgehead atoms. The van der Waals surface area contributed by atoms with Crippen LogP contribution in [0.2, 0.25) is 5.02 Å². The van der Waals surface area contributed by atoms with Gasteiger partial charge < -0.3 is 10.2 Å². The Bertz CT molecular complexity index is 1400. The van der Waals surface area contributed by atoms with E-state index >= 15 is 0 Å². The molecule has 4 rings (SSSR count). The lowest BCUT2D eigenvalue weighted by Crippen LogP contribution is -2.52. The number of anilines is 1. The van der Waals surface area contributed by atoms with Gasteiger partial charge >= 0.3 is 0 Å².